The molecule has 2 N–H and O–H groups in total. The van der Waals surface area contributed by atoms with E-state index in [0.29, 0.717) is 5.92 Å². The van der Waals surface area contributed by atoms with E-state index in [1.54, 1.807) is 0 Å². The van der Waals surface area contributed by atoms with Gasteiger partial charge in [0, 0.05) is 43.7 Å². The Hall–Kier alpha value is -1.14. The average Bonchev–Trinajstić information content (AvgIpc) is 3.22. The van der Waals surface area contributed by atoms with Crippen LogP contribution < -0.4 is 10.6 Å². The van der Waals surface area contributed by atoms with Crippen molar-refractivity contribution in [2.24, 2.45) is 10.9 Å². The maximum absolute atomic E-state index is 4.79. The molecule has 0 saturated carbocycles. The van der Waals surface area contributed by atoms with Crippen molar-refractivity contribution in [3.05, 3.63) is 16.1 Å². The summed E-state index contributed by atoms with van der Waals surface area (Å²) in [5, 5.41) is 8.01. The van der Waals surface area contributed by atoms with Crippen molar-refractivity contribution in [1.82, 2.24) is 20.5 Å². The predicted octanol–water partition coefficient (Wildman–Crippen LogP) is 2.54. The average molecular weight is 352 g/mol. The third kappa shape index (κ3) is 6.40. The molecular weight excluding hydrogens is 318 g/mol. The molecule has 1 aromatic rings. The molecule has 24 heavy (non-hydrogen) atoms. The summed E-state index contributed by atoms with van der Waals surface area (Å²) in [5.74, 6) is 1.65. The minimum absolute atomic E-state index is 0.707. The van der Waals surface area contributed by atoms with Crippen LogP contribution in [0.1, 0.15) is 43.5 Å². The molecule has 0 aromatic carbocycles. The molecule has 1 fully saturated rings. The monoisotopic (exact) mass is 351 g/mol. The molecule has 1 saturated heterocycles. The van der Waals surface area contributed by atoms with Gasteiger partial charge in [-0.1, -0.05) is 13.8 Å². The first kappa shape index (κ1) is 19.2. The van der Waals surface area contributed by atoms with Crippen molar-refractivity contribution in [3.63, 3.8) is 0 Å². The molecule has 136 valence electrons. The highest BCUT2D eigenvalue weighted by atomic mass is 32.1. The summed E-state index contributed by atoms with van der Waals surface area (Å²) in [4.78, 5) is 13.2. The van der Waals surface area contributed by atoms with E-state index < -0.39 is 0 Å². The molecule has 0 bridgehead atoms. The number of thiazole rings is 1. The summed E-state index contributed by atoms with van der Waals surface area (Å²) in [6, 6.07) is 0. The van der Waals surface area contributed by atoms with Gasteiger partial charge in [0.2, 0.25) is 0 Å². The Morgan fingerprint density at radius 1 is 1.38 bits per heavy atom. The number of hydrogen-bond donors (Lipinski definition) is 2. The van der Waals surface area contributed by atoms with E-state index in [-0.39, 0.29) is 0 Å². The van der Waals surface area contributed by atoms with Crippen LogP contribution in [0.15, 0.2) is 11.2 Å². The van der Waals surface area contributed by atoms with Crippen molar-refractivity contribution in [2.45, 2.75) is 46.5 Å². The number of aliphatic imine (C=N–C) groups is 1. The second-order valence-electron chi connectivity index (χ2n) is 6.43. The van der Waals surface area contributed by atoms with Crippen LogP contribution >= 0.6 is 11.3 Å². The SMILES string of the molecule is CCCN1CCC(CN=C(NCC)NCCc2ncc(CC)s2)C1. The summed E-state index contributed by atoms with van der Waals surface area (Å²) < 4.78 is 0. The molecule has 0 aliphatic carbocycles. The van der Waals surface area contributed by atoms with Gasteiger partial charge in [0.15, 0.2) is 5.96 Å². The fraction of sp³-hybridized carbons (Fsp3) is 0.778. The van der Waals surface area contributed by atoms with E-state index in [9.17, 15) is 0 Å². The number of aromatic nitrogens is 1. The Morgan fingerprint density at radius 3 is 2.96 bits per heavy atom. The first-order chi connectivity index (χ1) is 11.7. The summed E-state index contributed by atoms with van der Waals surface area (Å²) in [7, 11) is 0. The molecule has 1 aromatic heterocycles. The molecule has 1 unspecified atom stereocenters. The van der Waals surface area contributed by atoms with Gasteiger partial charge >= 0.3 is 0 Å². The van der Waals surface area contributed by atoms with Gasteiger partial charge < -0.3 is 15.5 Å². The van der Waals surface area contributed by atoms with Gasteiger partial charge in [-0.2, -0.15) is 0 Å². The van der Waals surface area contributed by atoms with Crippen LogP contribution in [0, 0.1) is 5.92 Å². The lowest BCUT2D eigenvalue weighted by atomic mass is 10.1. The van der Waals surface area contributed by atoms with Crippen molar-refractivity contribution in [1.29, 1.82) is 0 Å². The highest BCUT2D eigenvalue weighted by Gasteiger charge is 2.21. The number of guanidine groups is 1. The minimum Gasteiger partial charge on any atom is -0.357 e. The standard InChI is InChI=1S/C18H33N5S/c1-4-10-23-11-8-15(14-23)12-22-18(19-6-3)20-9-7-17-21-13-16(5-2)24-17/h13,15H,4-12,14H2,1-3H3,(H2,19,20,22). The fourth-order valence-electron chi connectivity index (χ4n) is 3.06. The van der Waals surface area contributed by atoms with E-state index in [4.69, 9.17) is 4.99 Å². The second-order valence-corrected chi connectivity index (χ2v) is 7.63. The predicted molar refractivity (Wildman–Crippen MR) is 104 cm³/mol. The van der Waals surface area contributed by atoms with Crippen molar-refractivity contribution < 1.29 is 0 Å². The van der Waals surface area contributed by atoms with Gasteiger partial charge in [0.25, 0.3) is 0 Å². The van der Waals surface area contributed by atoms with E-state index in [1.807, 2.05) is 17.5 Å². The second kappa shape index (κ2) is 10.7. The quantitative estimate of drug-likeness (QED) is 0.530. The highest BCUT2D eigenvalue weighted by Crippen LogP contribution is 2.16. The van der Waals surface area contributed by atoms with Crippen molar-refractivity contribution in [3.8, 4) is 0 Å². The molecule has 1 aliphatic rings. The van der Waals surface area contributed by atoms with Crippen LogP contribution in [0.25, 0.3) is 0 Å². The molecule has 5 nitrogen and oxygen atoms in total. The van der Waals surface area contributed by atoms with Gasteiger partial charge in [-0.3, -0.25) is 4.99 Å². The van der Waals surface area contributed by atoms with Crippen LogP contribution in [0.2, 0.25) is 0 Å². The Labute approximate surface area is 151 Å². The number of nitrogens with zero attached hydrogens (tertiary/aromatic N) is 3. The van der Waals surface area contributed by atoms with Crippen LogP contribution in [0.4, 0.5) is 0 Å². The normalized spacial score (nSPS) is 19.0. The first-order valence-corrected chi connectivity index (χ1v) is 10.2. The summed E-state index contributed by atoms with van der Waals surface area (Å²) in [6.45, 7) is 12.9. The maximum atomic E-state index is 4.79. The maximum Gasteiger partial charge on any atom is 0.191 e. The zero-order valence-electron chi connectivity index (χ0n) is 15.5. The van der Waals surface area contributed by atoms with Crippen LogP contribution in [-0.4, -0.2) is 55.1 Å². The zero-order valence-corrected chi connectivity index (χ0v) is 16.3. The molecule has 2 rings (SSSR count). The first-order valence-electron chi connectivity index (χ1n) is 9.43. The zero-order chi connectivity index (χ0) is 17.2. The lowest BCUT2D eigenvalue weighted by molar-refractivity contribution is 0.326. The fourth-order valence-corrected chi connectivity index (χ4v) is 3.92. The van der Waals surface area contributed by atoms with E-state index in [0.717, 1.165) is 38.4 Å². The molecule has 0 spiro atoms. The van der Waals surface area contributed by atoms with Gasteiger partial charge in [-0.05, 0) is 45.2 Å². The smallest absolute Gasteiger partial charge is 0.191 e. The topological polar surface area (TPSA) is 52.5 Å². The minimum atomic E-state index is 0.707. The number of hydrogen-bond acceptors (Lipinski definition) is 4. The molecule has 6 heteroatoms. The number of likely N-dealkylation sites (tertiary alicyclic amines) is 1. The summed E-state index contributed by atoms with van der Waals surface area (Å²) in [5.41, 5.74) is 0. The van der Waals surface area contributed by atoms with Crippen LogP contribution in [0.5, 0.6) is 0 Å². The number of rotatable bonds is 9. The van der Waals surface area contributed by atoms with Gasteiger partial charge in [-0.15, -0.1) is 11.3 Å². The number of nitrogens with one attached hydrogen (secondary N) is 2. The molecule has 2 heterocycles. The van der Waals surface area contributed by atoms with Crippen LogP contribution in [-0.2, 0) is 12.8 Å². The molecule has 0 radical (unpaired) electrons. The molecule has 1 aliphatic heterocycles. The van der Waals surface area contributed by atoms with Crippen LogP contribution in [0.3, 0.4) is 0 Å². The summed E-state index contributed by atoms with van der Waals surface area (Å²) >= 11 is 1.82. The Kier molecular flexibility index (Phi) is 8.53. The van der Waals surface area contributed by atoms with E-state index in [1.165, 1.54) is 42.4 Å². The molecule has 0 amide bonds. The Bertz CT molecular complexity index is 499. The highest BCUT2D eigenvalue weighted by molar-refractivity contribution is 7.11. The Morgan fingerprint density at radius 2 is 2.25 bits per heavy atom. The third-order valence-electron chi connectivity index (χ3n) is 4.34. The molecular formula is C18H33N5S. The number of aryl methyl sites for hydroxylation is 1. The third-order valence-corrected chi connectivity index (χ3v) is 5.54. The lowest BCUT2D eigenvalue weighted by Gasteiger charge is -2.14. The Balaban J connectivity index is 1.74. The van der Waals surface area contributed by atoms with Gasteiger partial charge in [-0.25, -0.2) is 4.98 Å². The van der Waals surface area contributed by atoms with Gasteiger partial charge in [0.05, 0.1) is 5.01 Å². The lowest BCUT2D eigenvalue weighted by Crippen LogP contribution is -2.38. The largest absolute Gasteiger partial charge is 0.357 e. The summed E-state index contributed by atoms with van der Waals surface area (Å²) in [6.07, 6.45) is 6.56. The van der Waals surface area contributed by atoms with Crippen molar-refractivity contribution in [2.75, 3.05) is 39.3 Å². The van der Waals surface area contributed by atoms with E-state index in [2.05, 4.69) is 41.3 Å². The van der Waals surface area contributed by atoms with Gasteiger partial charge in [0.1, 0.15) is 0 Å². The molecule has 1 atom stereocenters. The van der Waals surface area contributed by atoms with E-state index >= 15 is 0 Å². The van der Waals surface area contributed by atoms with Crippen molar-refractivity contribution >= 4 is 17.3 Å².